The molecule has 15 heavy (non-hydrogen) atoms. The molecule has 4 heteroatoms. The summed E-state index contributed by atoms with van der Waals surface area (Å²) in [5, 5.41) is 0. The highest BCUT2D eigenvalue weighted by Crippen LogP contribution is 2.05. The smallest absolute Gasteiger partial charge is 0.330 e. The minimum Gasteiger partial charge on any atom is -0.466 e. The third kappa shape index (κ3) is 4.63. The monoisotopic (exact) mass is 227 g/mol. The predicted molar refractivity (Wildman–Crippen MR) is 62.6 cm³/mol. The van der Waals surface area contributed by atoms with Gasteiger partial charge in [-0.05, 0) is 17.2 Å². The Hall–Kier alpha value is -1.32. The molecule has 0 radical (unpaired) electrons. The molecule has 0 amide bonds. The van der Waals surface area contributed by atoms with Crippen molar-refractivity contribution in [1.82, 2.24) is 0 Å². The number of methoxy groups -OCH3 is 1. The molecule has 0 unspecified atom stereocenters. The van der Waals surface area contributed by atoms with E-state index >= 15 is 0 Å². The number of carbonyl (C=O) groups excluding carboxylic acids is 1. The van der Waals surface area contributed by atoms with E-state index in [-0.39, 0.29) is 18.4 Å². The summed E-state index contributed by atoms with van der Waals surface area (Å²) in [5.74, 6) is -0.354. The predicted octanol–water partition coefficient (Wildman–Crippen LogP) is 1.75. The molecule has 3 nitrogen and oxygen atoms in total. The van der Waals surface area contributed by atoms with E-state index in [4.69, 9.17) is 5.73 Å². The Morgan fingerprint density at radius 3 is 2.47 bits per heavy atom. The molecule has 0 bridgehead atoms. The largest absolute Gasteiger partial charge is 0.466 e. The molecule has 0 saturated heterocycles. The lowest BCUT2D eigenvalue weighted by Crippen LogP contribution is -1.95. The van der Waals surface area contributed by atoms with Crippen LogP contribution in [0.3, 0.4) is 0 Å². The molecular formula is C11H14ClNO2. The fraction of sp³-hybridized carbons (Fsp3) is 0.182. The molecule has 0 aliphatic rings. The maximum atomic E-state index is 10.8. The second-order valence-electron chi connectivity index (χ2n) is 2.80. The van der Waals surface area contributed by atoms with Crippen molar-refractivity contribution in [2.45, 2.75) is 6.54 Å². The minimum absolute atomic E-state index is 0. The van der Waals surface area contributed by atoms with Gasteiger partial charge in [0.25, 0.3) is 0 Å². The summed E-state index contributed by atoms with van der Waals surface area (Å²) >= 11 is 0. The molecule has 0 saturated carbocycles. The Morgan fingerprint density at radius 2 is 2.00 bits per heavy atom. The minimum atomic E-state index is -0.354. The fourth-order valence-corrected chi connectivity index (χ4v) is 0.997. The first-order valence-corrected chi connectivity index (χ1v) is 4.31. The molecule has 0 aliphatic carbocycles. The highest BCUT2D eigenvalue weighted by molar-refractivity contribution is 5.86. The number of nitrogens with two attached hydrogens (primary N) is 1. The summed E-state index contributed by atoms with van der Waals surface area (Å²) in [4.78, 5) is 10.8. The molecule has 82 valence electrons. The van der Waals surface area contributed by atoms with Gasteiger partial charge in [0, 0.05) is 12.6 Å². The number of halogens is 1. The molecule has 0 spiro atoms. The van der Waals surface area contributed by atoms with Gasteiger partial charge in [-0.3, -0.25) is 0 Å². The van der Waals surface area contributed by atoms with Crippen LogP contribution in [0.15, 0.2) is 30.3 Å². The molecule has 0 aromatic heterocycles. The van der Waals surface area contributed by atoms with Crippen molar-refractivity contribution >= 4 is 24.5 Å². The van der Waals surface area contributed by atoms with Crippen LogP contribution >= 0.6 is 12.4 Å². The zero-order chi connectivity index (χ0) is 10.4. The lowest BCUT2D eigenvalue weighted by atomic mass is 10.1. The van der Waals surface area contributed by atoms with Crippen molar-refractivity contribution in [3.63, 3.8) is 0 Å². The Labute approximate surface area is 95.3 Å². The molecular weight excluding hydrogens is 214 g/mol. The van der Waals surface area contributed by atoms with Gasteiger partial charge in [0.1, 0.15) is 0 Å². The molecule has 0 heterocycles. The highest BCUT2D eigenvalue weighted by atomic mass is 35.5. The average molecular weight is 228 g/mol. The molecule has 1 rings (SSSR count). The number of carbonyl (C=O) groups is 1. The molecule has 1 aromatic rings. The van der Waals surface area contributed by atoms with Gasteiger partial charge >= 0.3 is 5.97 Å². The van der Waals surface area contributed by atoms with Crippen LogP contribution in [0.1, 0.15) is 11.1 Å². The van der Waals surface area contributed by atoms with Crippen molar-refractivity contribution in [3.8, 4) is 0 Å². The first-order valence-electron chi connectivity index (χ1n) is 4.31. The van der Waals surface area contributed by atoms with E-state index in [1.807, 2.05) is 24.3 Å². The van der Waals surface area contributed by atoms with Crippen LogP contribution < -0.4 is 5.73 Å². The number of rotatable bonds is 3. The van der Waals surface area contributed by atoms with Gasteiger partial charge in [0.05, 0.1) is 7.11 Å². The maximum absolute atomic E-state index is 10.8. The van der Waals surface area contributed by atoms with E-state index < -0.39 is 0 Å². The van der Waals surface area contributed by atoms with Gasteiger partial charge < -0.3 is 10.5 Å². The fourth-order valence-electron chi connectivity index (χ4n) is 0.997. The number of ether oxygens (including phenoxy) is 1. The SMILES string of the molecule is COC(=O)/C=C/c1ccc(CN)cc1.Cl. The quantitative estimate of drug-likeness (QED) is 0.632. The second kappa shape index (κ2) is 7.04. The van der Waals surface area contributed by atoms with E-state index in [2.05, 4.69) is 4.74 Å². The lowest BCUT2D eigenvalue weighted by molar-refractivity contribution is -0.134. The average Bonchev–Trinajstić information content (AvgIpc) is 2.26. The van der Waals surface area contributed by atoms with Gasteiger partial charge in [0.15, 0.2) is 0 Å². The summed E-state index contributed by atoms with van der Waals surface area (Å²) in [6.45, 7) is 0.529. The molecule has 1 aromatic carbocycles. The summed E-state index contributed by atoms with van der Waals surface area (Å²) in [5.41, 5.74) is 7.47. The van der Waals surface area contributed by atoms with E-state index in [0.717, 1.165) is 11.1 Å². The number of benzene rings is 1. The van der Waals surface area contributed by atoms with Crippen LogP contribution in [-0.2, 0) is 16.1 Å². The Bertz CT molecular complexity index is 333. The molecule has 0 atom stereocenters. The topological polar surface area (TPSA) is 52.3 Å². The molecule has 2 N–H and O–H groups in total. The molecule has 0 fully saturated rings. The van der Waals surface area contributed by atoms with E-state index in [0.29, 0.717) is 6.54 Å². The zero-order valence-corrected chi connectivity index (χ0v) is 9.29. The van der Waals surface area contributed by atoms with Crippen LogP contribution in [0.25, 0.3) is 6.08 Å². The van der Waals surface area contributed by atoms with E-state index in [1.54, 1.807) is 6.08 Å². The van der Waals surface area contributed by atoms with Crippen LogP contribution in [0.2, 0.25) is 0 Å². The number of hydrogen-bond donors (Lipinski definition) is 1. The third-order valence-corrected chi connectivity index (χ3v) is 1.83. The summed E-state index contributed by atoms with van der Waals surface area (Å²) < 4.78 is 4.47. The van der Waals surface area contributed by atoms with Crippen molar-refractivity contribution in [1.29, 1.82) is 0 Å². The number of esters is 1. The number of hydrogen-bond acceptors (Lipinski definition) is 3. The first-order chi connectivity index (χ1) is 6.76. The Morgan fingerprint density at radius 1 is 1.40 bits per heavy atom. The third-order valence-electron chi connectivity index (χ3n) is 1.83. The lowest BCUT2D eigenvalue weighted by Gasteiger charge is -1.96. The van der Waals surface area contributed by atoms with Crippen molar-refractivity contribution in [2.24, 2.45) is 5.73 Å². The van der Waals surface area contributed by atoms with Gasteiger partial charge in [-0.2, -0.15) is 0 Å². The molecule has 0 aliphatic heterocycles. The van der Waals surface area contributed by atoms with Crippen molar-refractivity contribution in [2.75, 3.05) is 7.11 Å². The van der Waals surface area contributed by atoms with E-state index in [1.165, 1.54) is 13.2 Å². The summed E-state index contributed by atoms with van der Waals surface area (Å²) in [6, 6.07) is 7.66. The summed E-state index contributed by atoms with van der Waals surface area (Å²) in [7, 11) is 1.35. The normalized spacial score (nSPS) is 9.73. The second-order valence-corrected chi connectivity index (χ2v) is 2.80. The van der Waals surface area contributed by atoms with E-state index in [9.17, 15) is 4.79 Å². The Kier molecular flexibility index (Phi) is 6.42. The van der Waals surface area contributed by atoms with Crippen molar-refractivity contribution < 1.29 is 9.53 Å². The van der Waals surface area contributed by atoms with Crippen LogP contribution in [0, 0.1) is 0 Å². The summed E-state index contributed by atoms with van der Waals surface area (Å²) in [6.07, 6.45) is 3.09. The van der Waals surface area contributed by atoms with Gasteiger partial charge in [-0.15, -0.1) is 12.4 Å². The van der Waals surface area contributed by atoms with Gasteiger partial charge in [0.2, 0.25) is 0 Å². The first kappa shape index (κ1) is 13.7. The van der Waals surface area contributed by atoms with Crippen LogP contribution in [0.5, 0.6) is 0 Å². The maximum Gasteiger partial charge on any atom is 0.330 e. The van der Waals surface area contributed by atoms with Gasteiger partial charge in [-0.25, -0.2) is 4.79 Å². The van der Waals surface area contributed by atoms with Crippen LogP contribution in [0.4, 0.5) is 0 Å². The standard InChI is InChI=1S/C11H13NO2.ClH/c1-14-11(13)7-6-9-2-4-10(8-12)5-3-9;/h2-7H,8,12H2,1H3;1H/b7-6+;. The Balaban J connectivity index is 0.00000196. The van der Waals surface area contributed by atoms with Gasteiger partial charge in [-0.1, -0.05) is 24.3 Å². The zero-order valence-electron chi connectivity index (χ0n) is 8.47. The van der Waals surface area contributed by atoms with Crippen molar-refractivity contribution in [3.05, 3.63) is 41.5 Å². The van der Waals surface area contributed by atoms with Crippen LogP contribution in [-0.4, -0.2) is 13.1 Å². The highest BCUT2D eigenvalue weighted by Gasteiger charge is 1.92.